The van der Waals surface area contributed by atoms with Crippen molar-refractivity contribution in [1.29, 1.82) is 0 Å². The van der Waals surface area contributed by atoms with E-state index in [-0.39, 0.29) is 18.0 Å². The highest BCUT2D eigenvalue weighted by Crippen LogP contribution is 2.26. The number of carbonyl (C=O) groups excluding carboxylic acids is 1. The van der Waals surface area contributed by atoms with E-state index in [0.717, 1.165) is 38.5 Å². The highest BCUT2D eigenvalue weighted by molar-refractivity contribution is 5.82. The molecule has 0 radical (unpaired) electrons. The van der Waals surface area contributed by atoms with Crippen LogP contribution in [0.2, 0.25) is 0 Å². The number of nitrogens with one attached hydrogen (secondary N) is 2. The maximum absolute atomic E-state index is 11.8. The first kappa shape index (κ1) is 15.8. The lowest BCUT2D eigenvalue weighted by Crippen LogP contribution is -2.52. The topological polar surface area (TPSA) is 78.4 Å². The van der Waals surface area contributed by atoms with Gasteiger partial charge in [-0.25, -0.2) is 9.59 Å². The zero-order valence-electron chi connectivity index (χ0n) is 11.9. The van der Waals surface area contributed by atoms with Gasteiger partial charge in [0.2, 0.25) is 0 Å². The summed E-state index contributed by atoms with van der Waals surface area (Å²) in [6.07, 6.45) is 6.78. The van der Waals surface area contributed by atoms with Crippen LogP contribution in [0.4, 0.5) is 4.79 Å². The van der Waals surface area contributed by atoms with E-state index in [1.165, 1.54) is 6.42 Å². The molecule has 0 spiro atoms. The van der Waals surface area contributed by atoms with Crippen molar-refractivity contribution in [3.05, 3.63) is 0 Å². The van der Waals surface area contributed by atoms with Crippen LogP contribution >= 0.6 is 0 Å². The zero-order chi connectivity index (χ0) is 14.3. The number of aliphatic carboxylic acids is 1. The normalized spacial score (nSPS) is 18.1. The molecule has 1 fully saturated rings. The van der Waals surface area contributed by atoms with Crippen LogP contribution in [0.3, 0.4) is 0 Å². The van der Waals surface area contributed by atoms with Gasteiger partial charge < -0.3 is 15.7 Å². The fourth-order valence-electron chi connectivity index (χ4n) is 2.71. The Morgan fingerprint density at radius 2 is 1.68 bits per heavy atom. The molecule has 0 aliphatic heterocycles. The van der Waals surface area contributed by atoms with Crippen LogP contribution < -0.4 is 10.6 Å². The SMILES string of the molecule is CCC(CC)NC(=O)NC(C(=O)O)C1CCCCC1. The lowest BCUT2D eigenvalue weighted by molar-refractivity contribution is -0.141. The van der Waals surface area contributed by atoms with Crippen molar-refractivity contribution in [2.45, 2.75) is 70.9 Å². The number of carboxylic acid groups (broad SMARTS) is 1. The van der Waals surface area contributed by atoms with E-state index in [4.69, 9.17) is 0 Å². The third-order valence-electron chi connectivity index (χ3n) is 3.99. The van der Waals surface area contributed by atoms with Crippen LogP contribution in [0.5, 0.6) is 0 Å². The first-order chi connectivity index (χ1) is 9.08. The minimum Gasteiger partial charge on any atom is -0.480 e. The average Bonchev–Trinajstić information content (AvgIpc) is 2.42. The highest BCUT2D eigenvalue weighted by atomic mass is 16.4. The lowest BCUT2D eigenvalue weighted by atomic mass is 9.84. The molecule has 2 amide bonds. The summed E-state index contributed by atoms with van der Waals surface area (Å²) in [5.74, 6) is -0.856. The molecule has 19 heavy (non-hydrogen) atoms. The summed E-state index contributed by atoms with van der Waals surface area (Å²) < 4.78 is 0. The third kappa shape index (κ3) is 5.09. The predicted molar refractivity (Wildman–Crippen MR) is 74.0 cm³/mol. The zero-order valence-corrected chi connectivity index (χ0v) is 11.9. The van der Waals surface area contributed by atoms with E-state index in [2.05, 4.69) is 10.6 Å². The smallest absolute Gasteiger partial charge is 0.326 e. The van der Waals surface area contributed by atoms with Gasteiger partial charge >= 0.3 is 12.0 Å². The van der Waals surface area contributed by atoms with Gasteiger partial charge in [0.15, 0.2) is 0 Å². The summed E-state index contributed by atoms with van der Waals surface area (Å²) in [5.41, 5.74) is 0. The minimum atomic E-state index is -0.924. The standard InChI is InChI=1S/C14H26N2O3/c1-3-11(4-2)15-14(19)16-12(13(17)18)10-8-6-5-7-9-10/h10-12H,3-9H2,1-2H3,(H,17,18)(H2,15,16,19). The summed E-state index contributed by atoms with van der Waals surface area (Å²) in [7, 11) is 0. The first-order valence-corrected chi connectivity index (χ1v) is 7.38. The van der Waals surface area contributed by atoms with Crippen molar-refractivity contribution >= 4 is 12.0 Å². The van der Waals surface area contributed by atoms with Gasteiger partial charge in [-0.3, -0.25) is 0 Å². The quantitative estimate of drug-likeness (QED) is 0.694. The maximum atomic E-state index is 11.8. The Balaban J connectivity index is 2.52. The molecule has 3 N–H and O–H groups in total. The summed E-state index contributed by atoms with van der Waals surface area (Å²) >= 11 is 0. The van der Waals surface area contributed by atoms with E-state index in [1.807, 2.05) is 13.8 Å². The van der Waals surface area contributed by atoms with Gasteiger partial charge in [0, 0.05) is 6.04 Å². The molecule has 0 aromatic rings. The molecule has 0 aromatic heterocycles. The Morgan fingerprint density at radius 1 is 1.11 bits per heavy atom. The molecule has 110 valence electrons. The molecule has 1 rings (SSSR count). The largest absolute Gasteiger partial charge is 0.480 e. The van der Waals surface area contributed by atoms with Crippen molar-refractivity contribution in [2.75, 3.05) is 0 Å². The number of hydrogen-bond donors (Lipinski definition) is 3. The second-order valence-electron chi connectivity index (χ2n) is 5.35. The van der Waals surface area contributed by atoms with E-state index in [9.17, 15) is 14.7 Å². The van der Waals surface area contributed by atoms with Crippen molar-refractivity contribution < 1.29 is 14.7 Å². The highest BCUT2D eigenvalue weighted by Gasteiger charge is 2.30. The number of rotatable bonds is 6. The monoisotopic (exact) mass is 270 g/mol. The van der Waals surface area contributed by atoms with Crippen LogP contribution in [0.1, 0.15) is 58.8 Å². The van der Waals surface area contributed by atoms with Crippen molar-refractivity contribution in [3.63, 3.8) is 0 Å². The molecule has 1 unspecified atom stereocenters. The van der Waals surface area contributed by atoms with E-state index >= 15 is 0 Å². The average molecular weight is 270 g/mol. The van der Waals surface area contributed by atoms with Crippen molar-refractivity contribution in [3.8, 4) is 0 Å². The number of hydrogen-bond acceptors (Lipinski definition) is 2. The van der Waals surface area contributed by atoms with Crippen LogP contribution in [-0.4, -0.2) is 29.2 Å². The molecule has 0 saturated heterocycles. The molecule has 0 heterocycles. The number of urea groups is 1. The fraction of sp³-hybridized carbons (Fsp3) is 0.857. The van der Waals surface area contributed by atoms with Gasteiger partial charge in [-0.1, -0.05) is 33.1 Å². The maximum Gasteiger partial charge on any atom is 0.326 e. The van der Waals surface area contributed by atoms with E-state index in [0.29, 0.717) is 0 Å². The molecule has 1 saturated carbocycles. The Hall–Kier alpha value is -1.26. The Labute approximate surface area is 115 Å². The van der Waals surface area contributed by atoms with Gasteiger partial charge in [-0.15, -0.1) is 0 Å². The molecule has 1 aliphatic carbocycles. The molecular formula is C14H26N2O3. The summed E-state index contributed by atoms with van der Waals surface area (Å²) in [4.78, 5) is 23.2. The van der Waals surface area contributed by atoms with Gasteiger partial charge in [0.25, 0.3) is 0 Å². The molecule has 5 nitrogen and oxygen atoms in total. The van der Waals surface area contributed by atoms with Crippen LogP contribution in [0, 0.1) is 5.92 Å². The fourth-order valence-corrected chi connectivity index (χ4v) is 2.71. The lowest BCUT2D eigenvalue weighted by Gasteiger charge is -2.28. The van der Waals surface area contributed by atoms with Crippen LogP contribution in [0.25, 0.3) is 0 Å². The number of carbonyl (C=O) groups is 2. The van der Waals surface area contributed by atoms with Gasteiger partial charge in [0.1, 0.15) is 6.04 Å². The summed E-state index contributed by atoms with van der Waals surface area (Å²) in [5, 5.41) is 14.7. The Bertz CT molecular complexity index is 297. The van der Waals surface area contributed by atoms with Gasteiger partial charge in [0.05, 0.1) is 0 Å². The van der Waals surface area contributed by atoms with Crippen LogP contribution in [0.15, 0.2) is 0 Å². The van der Waals surface area contributed by atoms with Crippen molar-refractivity contribution in [2.24, 2.45) is 5.92 Å². The second kappa shape index (κ2) is 8.02. The van der Waals surface area contributed by atoms with Gasteiger partial charge in [-0.05, 0) is 31.6 Å². The molecule has 1 atom stereocenters. The predicted octanol–water partition coefficient (Wildman–Crippen LogP) is 2.51. The second-order valence-corrected chi connectivity index (χ2v) is 5.35. The van der Waals surface area contributed by atoms with Gasteiger partial charge in [-0.2, -0.15) is 0 Å². The molecule has 0 aromatic carbocycles. The Morgan fingerprint density at radius 3 is 2.16 bits per heavy atom. The molecule has 1 aliphatic rings. The number of carboxylic acids is 1. The summed E-state index contributed by atoms with van der Waals surface area (Å²) in [6.45, 7) is 4.01. The first-order valence-electron chi connectivity index (χ1n) is 7.38. The molecular weight excluding hydrogens is 244 g/mol. The molecule has 5 heteroatoms. The third-order valence-corrected chi connectivity index (χ3v) is 3.99. The molecule has 0 bridgehead atoms. The minimum absolute atomic E-state index is 0.0682. The van der Waals surface area contributed by atoms with E-state index < -0.39 is 12.0 Å². The summed E-state index contributed by atoms with van der Waals surface area (Å²) in [6, 6.07) is -0.998. The van der Waals surface area contributed by atoms with Crippen LogP contribution in [-0.2, 0) is 4.79 Å². The van der Waals surface area contributed by atoms with E-state index in [1.54, 1.807) is 0 Å². The number of amides is 2. The Kier molecular flexibility index (Phi) is 6.67. The van der Waals surface area contributed by atoms with Crippen molar-refractivity contribution in [1.82, 2.24) is 10.6 Å².